The second-order valence-corrected chi connectivity index (χ2v) is 10.1. The van der Waals surface area contributed by atoms with Crippen LogP contribution in [-0.2, 0) is 22.6 Å². The lowest BCUT2D eigenvalue weighted by molar-refractivity contribution is -0.133. The molecule has 10 heteroatoms. The van der Waals surface area contributed by atoms with E-state index in [1.54, 1.807) is 22.1 Å². The van der Waals surface area contributed by atoms with E-state index in [4.69, 9.17) is 18.6 Å². The Morgan fingerprint density at radius 1 is 1.03 bits per heavy atom. The third-order valence-electron chi connectivity index (χ3n) is 5.98. The quantitative estimate of drug-likeness (QED) is 0.566. The number of urea groups is 1. The summed E-state index contributed by atoms with van der Waals surface area (Å²) < 4.78 is 21.9. The maximum absolute atomic E-state index is 13.6. The molecule has 3 amide bonds. The number of amides is 3. The van der Waals surface area contributed by atoms with Crippen molar-refractivity contribution in [2.75, 3.05) is 52.7 Å². The Bertz CT molecular complexity index is 1010. The molecule has 2 aromatic rings. The molecule has 2 aliphatic rings. The molecule has 0 spiro atoms. The summed E-state index contributed by atoms with van der Waals surface area (Å²) in [7, 11) is 0. The largest absolute Gasteiger partial charge is 0.467 e. The van der Waals surface area contributed by atoms with Crippen LogP contribution in [0.5, 0.6) is 11.5 Å². The second-order valence-electron chi connectivity index (χ2n) is 10.1. The van der Waals surface area contributed by atoms with E-state index in [0.29, 0.717) is 56.7 Å². The Labute approximate surface area is 212 Å². The summed E-state index contributed by atoms with van der Waals surface area (Å²) in [6, 6.07) is 9.02. The van der Waals surface area contributed by atoms with Gasteiger partial charge >= 0.3 is 6.03 Å². The highest BCUT2D eigenvalue weighted by Gasteiger charge is 2.26. The standard InChI is InChI=1S/C26H36N4O6/c1-26(2,3)27-25(32)29(9-8-28-10-13-33-14-11-28)18-24(31)30(17-21-5-4-12-34-21)16-20-6-7-22-23(15-20)36-19-35-22/h4-7,12,15H,8-11,13-14,16-19H2,1-3H3,(H,27,32). The van der Waals surface area contributed by atoms with Crippen LogP contribution in [0.25, 0.3) is 0 Å². The van der Waals surface area contributed by atoms with Crippen molar-refractivity contribution in [2.45, 2.75) is 39.4 Å². The van der Waals surface area contributed by atoms with Crippen molar-refractivity contribution in [1.82, 2.24) is 20.0 Å². The molecule has 1 aromatic carbocycles. The minimum absolute atomic E-state index is 0.0441. The molecule has 0 saturated carbocycles. The predicted octanol–water partition coefficient (Wildman–Crippen LogP) is 2.68. The smallest absolute Gasteiger partial charge is 0.318 e. The van der Waals surface area contributed by atoms with E-state index in [0.717, 1.165) is 18.7 Å². The monoisotopic (exact) mass is 500 g/mol. The zero-order chi connectivity index (χ0) is 25.5. The van der Waals surface area contributed by atoms with Crippen LogP contribution in [0.4, 0.5) is 4.79 Å². The maximum Gasteiger partial charge on any atom is 0.318 e. The molecule has 0 aliphatic carbocycles. The van der Waals surface area contributed by atoms with Crippen LogP contribution in [0.2, 0.25) is 0 Å². The number of carbonyl (C=O) groups is 2. The SMILES string of the molecule is CC(C)(C)NC(=O)N(CCN1CCOCC1)CC(=O)N(Cc1ccc2c(c1)OCO2)Cc1ccco1. The lowest BCUT2D eigenvalue weighted by Gasteiger charge is -2.33. The Hall–Kier alpha value is -3.24. The van der Waals surface area contributed by atoms with Crippen LogP contribution in [0.15, 0.2) is 41.0 Å². The molecule has 1 saturated heterocycles. The first-order chi connectivity index (χ1) is 17.3. The Kier molecular flexibility index (Phi) is 8.37. The van der Waals surface area contributed by atoms with Gasteiger partial charge < -0.3 is 33.7 Å². The van der Waals surface area contributed by atoms with Crippen molar-refractivity contribution in [3.63, 3.8) is 0 Å². The molecular weight excluding hydrogens is 464 g/mol. The van der Waals surface area contributed by atoms with E-state index in [-0.39, 0.29) is 25.3 Å². The number of rotatable bonds is 9. The van der Waals surface area contributed by atoms with Gasteiger partial charge in [-0.25, -0.2) is 4.79 Å². The van der Waals surface area contributed by atoms with Crippen molar-refractivity contribution in [3.05, 3.63) is 47.9 Å². The molecule has 2 aliphatic heterocycles. The second kappa shape index (κ2) is 11.7. The number of benzene rings is 1. The number of morpholine rings is 1. The summed E-state index contributed by atoms with van der Waals surface area (Å²) in [5, 5.41) is 3.00. The zero-order valence-corrected chi connectivity index (χ0v) is 21.3. The molecule has 0 atom stereocenters. The minimum atomic E-state index is -0.419. The van der Waals surface area contributed by atoms with Gasteiger partial charge in [-0.05, 0) is 50.6 Å². The molecule has 0 bridgehead atoms. The lowest BCUT2D eigenvalue weighted by Crippen LogP contribution is -2.53. The van der Waals surface area contributed by atoms with E-state index in [1.165, 1.54) is 0 Å². The fraction of sp³-hybridized carbons (Fsp3) is 0.538. The average molecular weight is 501 g/mol. The van der Waals surface area contributed by atoms with Gasteiger partial charge in [-0.2, -0.15) is 0 Å². The van der Waals surface area contributed by atoms with Crippen molar-refractivity contribution in [1.29, 1.82) is 0 Å². The molecule has 1 aromatic heterocycles. The predicted molar refractivity (Wildman–Crippen MR) is 133 cm³/mol. The fourth-order valence-electron chi connectivity index (χ4n) is 4.09. The average Bonchev–Trinajstić information content (AvgIpc) is 3.52. The van der Waals surface area contributed by atoms with Gasteiger partial charge in [-0.3, -0.25) is 9.69 Å². The topological polar surface area (TPSA) is 96.7 Å². The first-order valence-corrected chi connectivity index (χ1v) is 12.3. The number of hydrogen-bond donors (Lipinski definition) is 1. The normalized spacial score (nSPS) is 15.5. The summed E-state index contributed by atoms with van der Waals surface area (Å²) in [6.45, 7) is 10.7. The molecular formula is C26H36N4O6. The molecule has 196 valence electrons. The van der Waals surface area contributed by atoms with E-state index in [9.17, 15) is 9.59 Å². The molecule has 1 N–H and O–H groups in total. The highest BCUT2D eigenvalue weighted by molar-refractivity contribution is 5.84. The van der Waals surface area contributed by atoms with Crippen LogP contribution in [0, 0.1) is 0 Å². The third kappa shape index (κ3) is 7.38. The van der Waals surface area contributed by atoms with Crippen LogP contribution >= 0.6 is 0 Å². The summed E-state index contributed by atoms with van der Waals surface area (Å²) in [6.07, 6.45) is 1.59. The number of nitrogens with one attached hydrogen (secondary N) is 1. The van der Waals surface area contributed by atoms with E-state index in [2.05, 4.69) is 10.2 Å². The van der Waals surface area contributed by atoms with Crippen LogP contribution in [0.1, 0.15) is 32.1 Å². The molecule has 3 heterocycles. The van der Waals surface area contributed by atoms with Gasteiger partial charge in [0.05, 0.1) is 26.0 Å². The number of ether oxygens (including phenoxy) is 3. The third-order valence-corrected chi connectivity index (χ3v) is 5.98. The van der Waals surface area contributed by atoms with Gasteiger partial charge in [0.25, 0.3) is 0 Å². The number of fused-ring (bicyclic) bond motifs is 1. The Balaban J connectivity index is 1.48. The summed E-state index contributed by atoms with van der Waals surface area (Å²) in [5.74, 6) is 1.85. The van der Waals surface area contributed by atoms with Crippen molar-refractivity contribution < 1.29 is 28.2 Å². The van der Waals surface area contributed by atoms with Gasteiger partial charge in [-0.1, -0.05) is 6.07 Å². The van der Waals surface area contributed by atoms with E-state index >= 15 is 0 Å². The van der Waals surface area contributed by atoms with E-state index in [1.807, 2.05) is 45.0 Å². The lowest BCUT2D eigenvalue weighted by atomic mass is 10.1. The summed E-state index contributed by atoms with van der Waals surface area (Å²) in [5.41, 5.74) is 0.482. The molecule has 1 fully saturated rings. The van der Waals surface area contributed by atoms with Crippen LogP contribution < -0.4 is 14.8 Å². The van der Waals surface area contributed by atoms with Gasteiger partial charge in [0, 0.05) is 38.3 Å². The first kappa shape index (κ1) is 25.8. The molecule has 0 radical (unpaired) electrons. The summed E-state index contributed by atoms with van der Waals surface area (Å²) in [4.78, 5) is 32.3. The van der Waals surface area contributed by atoms with Crippen molar-refractivity contribution in [2.24, 2.45) is 0 Å². The Morgan fingerprint density at radius 2 is 1.81 bits per heavy atom. The molecule has 36 heavy (non-hydrogen) atoms. The number of furan rings is 1. The Morgan fingerprint density at radius 3 is 2.53 bits per heavy atom. The molecule has 4 rings (SSSR count). The van der Waals surface area contributed by atoms with Gasteiger partial charge in [0.15, 0.2) is 11.5 Å². The number of hydrogen-bond acceptors (Lipinski definition) is 7. The first-order valence-electron chi connectivity index (χ1n) is 12.3. The highest BCUT2D eigenvalue weighted by atomic mass is 16.7. The van der Waals surface area contributed by atoms with Gasteiger partial charge in [-0.15, -0.1) is 0 Å². The van der Waals surface area contributed by atoms with Crippen LogP contribution in [0.3, 0.4) is 0 Å². The summed E-state index contributed by atoms with van der Waals surface area (Å²) >= 11 is 0. The zero-order valence-electron chi connectivity index (χ0n) is 21.3. The minimum Gasteiger partial charge on any atom is -0.467 e. The van der Waals surface area contributed by atoms with Crippen LogP contribution in [-0.4, -0.2) is 84.9 Å². The van der Waals surface area contributed by atoms with Gasteiger partial charge in [0.1, 0.15) is 12.3 Å². The highest BCUT2D eigenvalue weighted by Crippen LogP contribution is 2.33. The molecule has 10 nitrogen and oxygen atoms in total. The van der Waals surface area contributed by atoms with Gasteiger partial charge in [0.2, 0.25) is 12.7 Å². The number of carbonyl (C=O) groups excluding carboxylic acids is 2. The van der Waals surface area contributed by atoms with Crippen molar-refractivity contribution >= 4 is 11.9 Å². The number of nitrogens with zero attached hydrogens (tertiary/aromatic N) is 3. The molecule has 0 unspecified atom stereocenters. The fourth-order valence-corrected chi connectivity index (χ4v) is 4.09. The van der Waals surface area contributed by atoms with Crippen molar-refractivity contribution in [3.8, 4) is 11.5 Å². The maximum atomic E-state index is 13.6. The van der Waals surface area contributed by atoms with E-state index < -0.39 is 5.54 Å².